The Kier molecular flexibility index (Phi) is 8.21. The van der Waals surface area contributed by atoms with E-state index in [1.807, 2.05) is 0 Å². The lowest BCUT2D eigenvalue weighted by atomic mass is 10.0. The second-order valence-electron chi connectivity index (χ2n) is 7.75. The number of amides is 1. The first kappa shape index (κ1) is 24.7. The van der Waals surface area contributed by atoms with Crippen LogP contribution in [0.15, 0.2) is 36.4 Å². The molecular weight excluding hydrogens is 500 g/mol. The van der Waals surface area contributed by atoms with E-state index in [9.17, 15) is 9.59 Å². The largest absolute Gasteiger partial charge is 0.326 e. The molecule has 2 aromatic rings. The van der Waals surface area contributed by atoms with Gasteiger partial charge in [0.1, 0.15) is 4.33 Å². The lowest BCUT2D eigenvalue weighted by Gasteiger charge is -2.09. The lowest BCUT2D eigenvalue weighted by molar-refractivity contribution is -0.117. The van der Waals surface area contributed by atoms with Crippen LogP contribution in [0.25, 0.3) is 0 Å². The Morgan fingerprint density at radius 2 is 1.65 bits per heavy atom. The zero-order valence-electron chi connectivity index (χ0n) is 16.9. The molecule has 0 saturated heterocycles. The van der Waals surface area contributed by atoms with Gasteiger partial charge in [-0.2, -0.15) is 0 Å². The van der Waals surface area contributed by atoms with Crippen LogP contribution in [0.3, 0.4) is 0 Å². The third-order valence-corrected chi connectivity index (χ3v) is 7.08. The Bertz CT molecular complexity index is 972. The van der Waals surface area contributed by atoms with Crippen molar-refractivity contribution in [3.8, 4) is 0 Å². The maximum Gasteiger partial charge on any atom is 0.231 e. The molecular formula is C23H22Cl5NO2. The monoisotopic (exact) mass is 519 g/mol. The zero-order valence-corrected chi connectivity index (χ0v) is 20.6. The molecule has 0 heterocycles. The molecule has 0 spiro atoms. The summed E-state index contributed by atoms with van der Waals surface area (Å²) in [5.74, 6) is -1.53. The number of Topliss-reactive ketones (excluding diaryl/α,β-unsaturated/α-hetero) is 1. The van der Waals surface area contributed by atoms with Crippen LogP contribution in [0.2, 0.25) is 15.1 Å². The lowest BCUT2D eigenvalue weighted by Crippen LogP contribution is -2.17. The normalized spacial score (nSPS) is 19.2. The second-order valence-corrected chi connectivity index (χ2v) is 10.5. The van der Waals surface area contributed by atoms with Crippen molar-refractivity contribution in [2.75, 3.05) is 5.32 Å². The summed E-state index contributed by atoms with van der Waals surface area (Å²) < 4.78 is -1.28. The molecule has 2 atom stereocenters. The van der Waals surface area contributed by atoms with Gasteiger partial charge in [0.2, 0.25) is 5.91 Å². The first-order valence-corrected chi connectivity index (χ1v) is 12.0. The fraction of sp³-hybridized carbons (Fsp3) is 0.391. The molecule has 8 heteroatoms. The van der Waals surface area contributed by atoms with Crippen LogP contribution < -0.4 is 5.32 Å². The number of nitrogens with one attached hydrogen (secondary N) is 1. The van der Waals surface area contributed by atoms with Crippen LogP contribution in [0.1, 0.15) is 60.9 Å². The molecule has 0 radical (unpaired) electrons. The van der Waals surface area contributed by atoms with Crippen LogP contribution in [-0.4, -0.2) is 16.0 Å². The standard InChI is InChI=1S/C23H22Cl5NO2/c1-2-3-4-5-6-19(30)17-12-16(7-8-18(17)26)29-22(31)21-20(23(21,27)28)13-9-14(24)11-15(25)10-13/h7-12,20-21H,2-6H2,1H3,(H,29,31). The summed E-state index contributed by atoms with van der Waals surface area (Å²) in [4.78, 5) is 25.4. The minimum Gasteiger partial charge on any atom is -0.326 e. The fourth-order valence-corrected chi connectivity index (χ4v) is 5.30. The van der Waals surface area contributed by atoms with Gasteiger partial charge in [0.15, 0.2) is 5.78 Å². The van der Waals surface area contributed by atoms with Crippen molar-refractivity contribution >= 4 is 75.4 Å². The first-order chi connectivity index (χ1) is 14.6. The summed E-state index contributed by atoms with van der Waals surface area (Å²) >= 11 is 31.2. The van der Waals surface area contributed by atoms with E-state index in [4.69, 9.17) is 58.0 Å². The van der Waals surface area contributed by atoms with Gasteiger partial charge < -0.3 is 5.32 Å². The third-order valence-electron chi connectivity index (χ3n) is 5.37. The van der Waals surface area contributed by atoms with E-state index in [1.54, 1.807) is 36.4 Å². The van der Waals surface area contributed by atoms with Gasteiger partial charge in [-0.3, -0.25) is 9.59 Å². The van der Waals surface area contributed by atoms with Gasteiger partial charge >= 0.3 is 0 Å². The van der Waals surface area contributed by atoms with Crippen molar-refractivity contribution in [3.63, 3.8) is 0 Å². The Labute approximate surface area is 207 Å². The molecule has 2 unspecified atom stereocenters. The van der Waals surface area contributed by atoms with E-state index in [0.29, 0.717) is 38.3 Å². The van der Waals surface area contributed by atoms with Gasteiger partial charge in [-0.25, -0.2) is 0 Å². The van der Waals surface area contributed by atoms with E-state index in [1.165, 1.54) is 0 Å². The molecule has 31 heavy (non-hydrogen) atoms. The molecule has 1 aliphatic carbocycles. The second kappa shape index (κ2) is 10.3. The molecule has 1 amide bonds. The number of carbonyl (C=O) groups excluding carboxylic acids is 2. The van der Waals surface area contributed by atoms with Crippen molar-refractivity contribution in [3.05, 3.63) is 62.6 Å². The number of anilines is 1. The SMILES string of the molecule is CCCCCCC(=O)c1cc(NC(=O)C2C(c3cc(Cl)cc(Cl)c3)C2(Cl)Cl)ccc1Cl. The van der Waals surface area contributed by atoms with E-state index in [-0.39, 0.29) is 11.7 Å². The van der Waals surface area contributed by atoms with E-state index in [0.717, 1.165) is 25.7 Å². The highest BCUT2D eigenvalue weighted by Gasteiger charge is 2.67. The predicted octanol–water partition coefficient (Wildman–Crippen LogP) is 8.33. The number of hydrogen-bond acceptors (Lipinski definition) is 2. The molecule has 2 aromatic carbocycles. The number of rotatable bonds is 9. The number of halogens is 5. The summed E-state index contributed by atoms with van der Waals surface area (Å²) in [6, 6.07) is 9.84. The minimum atomic E-state index is -1.28. The molecule has 166 valence electrons. The molecule has 0 aliphatic heterocycles. The molecule has 1 N–H and O–H groups in total. The molecule has 1 fully saturated rings. The van der Waals surface area contributed by atoms with Gasteiger partial charge in [-0.1, -0.05) is 61.0 Å². The predicted molar refractivity (Wildman–Crippen MR) is 130 cm³/mol. The summed E-state index contributed by atoms with van der Waals surface area (Å²) in [6.45, 7) is 2.12. The number of benzene rings is 2. The van der Waals surface area contributed by atoms with Crippen molar-refractivity contribution < 1.29 is 9.59 Å². The van der Waals surface area contributed by atoms with E-state index < -0.39 is 16.2 Å². The highest BCUT2D eigenvalue weighted by Crippen LogP contribution is 2.65. The van der Waals surface area contributed by atoms with Crippen LogP contribution >= 0.6 is 58.0 Å². The van der Waals surface area contributed by atoms with Gasteiger partial charge in [-0.15, -0.1) is 23.2 Å². The van der Waals surface area contributed by atoms with E-state index in [2.05, 4.69) is 12.2 Å². The third kappa shape index (κ3) is 5.89. The quantitative estimate of drug-likeness (QED) is 0.205. The summed E-state index contributed by atoms with van der Waals surface area (Å²) in [7, 11) is 0. The van der Waals surface area contributed by atoms with Crippen molar-refractivity contribution in [2.45, 2.75) is 49.3 Å². The Balaban J connectivity index is 1.71. The molecule has 0 bridgehead atoms. The minimum absolute atomic E-state index is 0.0425. The van der Waals surface area contributed by atoms with Crippen LogP contribution in [-0.2, 0) is 4.79 Å². The molecule has 3 nitrogen and oxygen atoms in total. The van der Waals surface area contributed by atoms with Gasteiger partial charge in [0, 0.05) is 33.6 Å². The van der Waals surface area contributed by atoms with Crippen molar-refractivity contribution in [1.82, 2.24) is 0 Å². The topological polar surface area (TPSA) is 46.2 Å². The van der Waals surface area contributed by atoms with Gasteiger partial charge in [0.25, 0.3) is 0 Å². The molecule has 3 rings (SSSR count). The zero-order chi connectivity index (χ0) is 22.8. The summed E-state index contributed by atoms with van der Waals surface area (Å²) in [5.41, 5.74) is 1.56. The molecule has 1 saturated carbocycles. The number of carbonyl (C=O) groups is 2. The Hall–Kier alpha value is -0.970. The summed E-state index contributed by atoms with van der Waals surface area (Å²) in [6.07, 6.45) is 4.43. The average Bonchev–Trinajstić information content (AvgIpc) is 3.28. The smallest absolute Gasteiger partial charge is 0.231 e. The van der Waals surface area contributed by atoms with E-state index >= 15 is 0 Å². The van der Waals surface area contributed by atoms with Crippen molar-refractivity contribution in [2.24, 2.45) is 5.92 Å². The van der Waals surface area contributed by atoms with Crippen LogP contribution in [0, 0.1) is 5.92 Å². The molecule has 1 aliphatic rings. The number of ketones is 1. The summed E-state index contributed by atoms with van der Waals surface area (Å²) in [5, 5.41) is 4.05. The highest BCUT2D eigenvalue weighted by atomic mass is 35.5. The maximum absolute atomic E-state index is 12.9. The number of hydrogen-bond donors (Lipinski definition) is 1. The highest BCUT2D eigenvalue weighted by molar-refractivity contribution is 6.53. The Morgan fingerprint density at radius 3 is 2.29 bits per heavy atom. The molecule has 0 aromatic heterocycles. The van der Waals surface area contributed by atoms with Gasteiger partial charge in [-0.05, 0) is 48.4 Å². The fourth-order valence-electron chi connectivity index (χ4n) is 3.71. The maximum atomic E-state index is 12.9. The number of unbranched alkanes of at least 4 members (excludes halogenated alkanes) is 3. The Morgan fingerprint density at radius 1 is 0.968 bits per heavy atom. The van der Waals surface area contributed by atoms with Gasteiger partial charge in [0.05, 0.1) is 10.9 Å². The van der Waals surface area contributed by atoms with Crippen LogP contribution in [0.5, 0.6) is 0 Å². The average molecular weight is 522 g/mol. The first-order valence-electron chi connectivity index (χ1n) is 10.1. The van der Waals surface area contributed by atoms with Crippen LogP contribution in [0.4, 0.5) is 5.69 Å². The van der Waals surface area contributed by atoms with Crippen molar-refractivity contribution in [1.29, 1.82) is 0 Å². The number of alkyl halides is 2.